The average molecular weight is 255 g/mol. The molecule has 1 amide bonds. The van der Waals surface area contributed by atoms with Crippen LogP contribution < -0.4 is 5.73 Å². The normalized spacial score (nSPS) is 26.9. The van der Waals surface area contributed by atoms with Crippen molar-refractivity contribution in [3.05, 3.63) is 0 Å². The largest absolute Gasteiger partial charge is 0.381 e. The van der Waals surface area contributed by atoms with E-state index < -0.39 is 0 Å². The van der Waals surface area contributed by atoms with Crippen LogP contribution in [0.5, 0.6) is 0 Å². The fourth-order valence-corrected chi connectivity index (χ4v) is 3.07. The van der Waals surface area contributed by atoms with Crippen LogP contribution in [0.15, 0.2) is 0 Å². The summed E-state index contributed by atoms with van der Waals surface area (Å²) in [6, 6.07) is 1.03. The van der Waals surface area contributed by atoms with Gasteiger partial charge >= 0.3 is 0 Å². The van der Waals surface area contributed by atoms with E-state index in [1.807, 2.05) is 0 Å². The Morgan fingerprint density at radius 2 is 2.11 bits per heavy atom. The van der Waals surface area contributed by atoms with E-state index in [0.29, 0.717) is 18.6 Å². The summed E-state index contributed by atoms with van der Waals surface area (Å²) in [4.78, 5) is 15.9. The van der Waals surface area contributed by atoms with Crippen LogP contribution in [0.25, 0.3) is 0 Å². The molecule has 2 rings (SSSR count). The fraction of sp³-hybridized carbons (Fsp3) is 0.923. The number of ether oxygens (including phenoxy) is 1. The van der Waals surface area contributed by atoms with Crippen LogP contribution in [0.4, 0.5) is 0 Å². The lowest BCUT2D eigenvalue weighted by Crippen LogP contribution is -2.49. The quantitative estimate of drug-likeness (QED) is 0.754. The molecule has 5 nitrogen and oxygen atoms in total. The van der Waals surface area contributed by atoms with Gasteiger partial charge in [-0.05, 0) is 39.3 Å². The highest BCUT2D eigenvalue weighted by Crippen LogP contribution is 2.20. The van der Waals surface area contributed by atoms with Crippen molar-refractivity contribution >= 4 is 5.91 Å². The summed E-state index contributed by atoms with van der Waals surface area (Å²) in [5, 5.41) is 0. The molecule has 0 aliphatic carbocycles. The van der Waals surface area contributed by atoms with Gasteiger partial charge in [0.15, 0.2) is 0 Å². The third kappa shape index (κ3) is 3.67. The number of hydrogen-bond donors (Lipinski definition) is 1. The lowest BCUT2D eigenvalue weighted by atomic mass is 10.1. The Labute approximate surface area is 109 Å². The van der Waals surface area contributed by atoms with Gasteiger partial charge in [-0.25, -0.2) is 0 Å². The van der Waals surface area contributed by atoms with Crippen molar-refractivity contribution in [3.8, 4) is 0 Å². The van der Waals surface area contributed by atoms with E-state index in [0.717, 1.165) is 32.6 Å². The molecule has 2 heterocycles. The van der Waals surface area contributed by atoms with Gasteiger partial charge in [0.25, 0.3) is 0 Å². The lowest BCUT2D eigenvalue weighted by molar-refractivity contribution is -0.120. The third-order valence-electron chi connectivity index (χ3n) is 4.18. The number of primary amides is 1. The highest BCUT2D eigenvalue weighted by Gasteiger charge is 2.28. The zero-order valence-electron chi connectivity index (χ0n) is 11.3. The molecule has 5 heteroatoms. The maximum atomic E-state index is 11.2. The van der Waals surface area contributed by atoms with Gasteiger partial charge in [-0.2, -0.15) is 0 Å². The molecule has 2 saturated heterocycles. The Morgan fingerprint density at radius 3 is 2.67 bits per heavy atom. The van der Waals surface area contributed by atoms with Gasteiger partial charge in [0.05, 0.1) is 6.54 Å². The van der Waals surface area contributed by atoms with E-state index in [4.69, 9.17) is 10.5 Å². The van der Waals surface area contributed by atoms with E-state index >= 15 is 0 Å². The van der Waals surface area contributed by atoms with E-state index in [1.165, 1.54) is 19.4 Å². The van der Waals surface area contributed by atoms with E-state index in [1.54, 1.807) is 0 Å². The van der Waals surface area contributed by atoms with E-state index in [-0.39, 0.29) is 5.91 Å². The number of nitrogens with zero attached hydrogens (tertiary/aromatic N) is 2. The summed E-state index contributed by atoms with van der Waals surface area (Å²) in [6.07, 6.45) is 4.53. The highest BCUT2D eigenvalue weighted by molar-refractivity contribution is 5.75. The van der Waals surface area contributed by atoms with Gasteiger partial charge in [0.2, 0.25) is 5.91 Å². The van der Waals surface area contributed by atoms with Crippen LogP contribution in [0.3, 0.4) is 0 Å². The van der Waals surface area contributed by atoms with Gasteiger partial charge in [-0.3, -0.25) is 9.69 Å². The smallest absolute Gasteiger partial charge is 0.231 e. The van der Waals surface area contributed by atoms with Crippen molar-refractivity contribution in [2.75, 3.05) is 39.9 Å². The van der Waals surface area contributed by atoms with Crippen LogP contribution in [0, 0.1) is 0 Å². The van der Waals surface area contributed by atoms with Crippen molar-refractivity contribution in [2.24, 2.45) is 5.73 Å². The molecule has 0 radical (unpaired) electrons. The molecule has 0 saturated carbocycles. The maximum Gasteiger partial charge on any atom is 0.231 e. The molecule has 0 bridgehead atoms. The van der Waals surface area contributed by atoms with Crippen LogP contribution in [-0.2, 0) is 9.53 Å². The second kappa shape index (κ2) is 6.50. The Bertz CT molecular complexity index is 279. The summed E-state index contributed by atoms with van der Waals surface area (Å²) in [6.45, 7) is 4.13. The molecule has 0 aromatic carbocycles. The summed E-state index contributed by atoms with van der Waals surface area (Å²) in [7, 11) is 2.17. The fourth-order valence-electron chi connectivity index (χ4n) is 3.07. The second-order valence-corrected chi connectivity index (χ2v) is 5.52. The van der Waals surface area contributed by atoms with Crippen LogP contribution in [-0.4, -0.2) is 67.7 Å². The maximum absolute atomic E-state index is 11.2. The van der Waals surface area contributed by atoms with Crippen LogP contribution >= 0.6 is 0 Å². The summed E-state index contributed by atoms with van der Waals surface area (Å²) in [5.41, 5.74) is 5.38. The van der Waals surface area contributed by atoms with Crippen molar-refractivity contribution in [1.29, 1.82) is 0 Å². The van der Waals surface area contributed by atoms with E-state index in [9.17, 15) is 4.79 Å². The number of likely N-dealkylation sites (N-methyl/N-ethyl adjacent to an activating group) is 1. The molecule has 0 aromatic heterocycles. The summed E-state index contributed by atoms with van der Waals surface area (Å²) < 4.78 is 5.39. The number of likely N-dealkylation sites (tertiary alicyclic amines) is 1. The standard InChI is InChI=1S/C13H25N3O2/c1-15-6-2-3-12(15)9-16(10-13(14)17)11-4-7-18-8-5-11/h11-12H,2-10H2,1H3,(H2,14,17)/t12-/m1/s1. The van der Waals surface area contributed by atoms with Crippen molar-refractivity contribution < 1.29 is 9.53 Å². The first-order valence-electron chi connectivity index (χ1n) is 6.97. The second-order valence-electron chi connectivity index (χ2n) is 5.52. The van der Waals surface area contributed by atoms with Gasteiger partial charge in [-0.15, -0.1) is 0 Å². The van der Waals surface area contributed by atoms with Gasteiger partial charge in [-0.1, -0.05) is 0 Å². The lowest BCUT2D eigenvalue weighted by Gasteiger charge is -2.36. The topological polar surface area (TPSA) is 58.8 Å². The van der Waals surface area contributed by atoms with E-state index in [2.05, 4.69) is 16.8 Å². The minimum atomic E-state index is -0.220. The van der Waals surface area contributed by atoms with Crippen molar-refractivity contribution in [3.63, 3.8) is 0 Å². The third-order valence-corrected chi connectivity index (χ3v) is 4.18. The monoisotopic (exact) mass is 255 g/mol. The van der Waals surface area contributed by atoms with Crippen molar-refractivity contribution in [2.45, 2.75) is 37.8 Å². The molecular weight excluding hydrogens is 230 g/mol. The molecule has 0 aromatic rings. The number of carbonyl (C=O) groups excluding carboxylic acids is 1. The minimum absolute atomic E-state index is 0.220. The zero-order chi connectivity index (χ0) is 13.0. The Kier molecular flexibility index (Phi) is 4.97. The molecule has 2 N–H and O–H groups in total. The number of amides is 1. The molecule has 1 atom stereocenters. The molecule has 104 valence electrons. The molecule has 18 heavy (non-hydrogen) atoms. The minimum Gasteiger partial charge on any atom is -0.381 e. The predicted octanol–water partition coefficient (Wildman–Crippen LogP) is 0.0469. The number of rotatable bonds is 5. The molecule has 2 aliphatic heterocycles. The number of carbonyl (C=O) groups is 1. The summed E-state index contributed by atoms with van der Waals surface area (Å²) >= 11 is 0. The predicted molar refractivity (Wildman–Crippen MR) is 70.3 cm³/mol. The van der Waals surface area contributed by atoms with Gasteiger partial charge < -0.3 is 15.4 Å². The number of nitrogens with two attached hydrogens (primary N) is 1. The SMILES string of the molecule is CN1CCC[C@@H]1CN(CC(N)=O)C1CCOCC1. The van der Waals surface area contributed by atoms with Gasteiger partial charge in [0.1, 0.15) is 0 Å². The Morgan fingerprint density at radius 1 is 1.39 bits per heavy atom. The average Bonchev–Trinajstić information content (AvgIpc) is 2.75. The highest BCUT2D eigenvalue weighted by atomic mass is 16.5. The van der Waals surface area contributed by atoms with Crippen molar-refractivity contribution in [1.82, 2.24) is 9.80 Å². The molecule has 0 spiro atoms. The van der Waals surface area contributed by atoms with Crippen LogP contribution in [0.2, 0.25) is 0 Å². The van der Waals surface area contributed by atoms with Crippen LogP contribution in [0.1, 0.15) is 25.7 Å². The Hall–Kier alpha value is -0.650. The first-order chi connectivity index (χ1) is 8.66. The Balaban J connectivity index is 1.92. The zero-order valence-corrected chi connectivity index (χ0v) is 11.3. The summed E-state index contributed by atoms with van der Waals surface area (Å²) in [5.74, 6) is -0.220. The van der Waals surface area contributed by atoms with Gasteiger partial charge in [0, 0.05) is 31.8 Å². The first kappa shape index (κ1) is 13.8. The molecule has 2 fully saturated rings. The molecule has 2 aliphatic rings. The first-order valence-corrected chi connectivity index (χ1v) is 6.97. The molecule has 0 unspecified atom stereocenters. The molecular formula is C13H25N3O2. The number of hydrogen-bond acceptors (Lipinski definition) is 4.